The molecule has 18 heavy (non-hydrogen) atoms. The van der Waals surface area contributed by atoms with E-state index in [2.05, 4.69) is 11.2 Å². The highest BCUT2D eigenvalue weighted by Gasteiger charge is 2.12. The molecule has 1 N–H and O–H groups in total. The van der Waals surface area contributed by atoms with Gasteiger partial charge in [-0.1, -0.05) is 36.9 Å². The van der Waals surface area contributed by atoms with Gasteiger partial charge in [0.25, 0.3) is 0 Å². The average molecular weight is 262 g/mol. The van der Waals surface area contributed by atoms with Crippen LogP contribution in [0.15, 0.2) is 40.3 Å². The normalized spacial score (nSPS) is 12.7. The minimum Gasteiger partial charge on any atom is -0.388 e. The van der Waals surface area contributed by atoms with Crippen molar-refractivity contribution < 1.29 is 5.11 Å². The van der Waals surface area contributed by atoms with Crippen LogP contribution >= 0.6 is 11.8 Å². The Labute approximate surface area is 112 Å². The minimum absolute atomic E-state index is 0.400. The number of aliphatic hydroxyl groups excluding tert-OH is 1. The maximum absolute atomic E-state index is 10.0. The monoisotopic (exact) mass is 262 g/mol. The molecule has 3 nitrogen and oxygen atoms in total. The second-order valence-corrected chi connectivity index (χ2v) is 5.37. The predicted molar refractivity (Wildman–Crippen MR) is 73.8 cm³/mol. The third-order valence-corrected chi connectivity index (χ3v) is 4.02. The van der Waals surface area contributed by atoms with Crippen molar-refractivity contribution in [1.29, 1.82) is 0 Å². The Morgan fingerprint density at radius 1 is 1.39 bits per heavy atom. The number of hydrogen-bond acceptors (Lipinski definition) is 3. The van der Waals surface area contributed by atoms with Gasteiger partial charge in [-0.2, -0.15) is 5.10 Å². The Bertz CT molecular complexity index is 536. The first kappa shape index (κ1) is 13.2. The summed E-state index contributed by atoms with van der Waals surface area (Å²) in [6.45, 7) is 3.97. The number of rotatable bonds is 4. The van der Waals surface area contributed by atoms with Crippen molar-refractivity contribution in [3.63, 3.8) is 0 Å². The Kier molecular flexibility index (Phi) is 4.09. The van der Waals surface area contributed by atoms with Crippen molar-refractivity contribution in [2.75, 3.05) is 0 Å². The number of aliphatic hydroxyl groups is 1. The predicted octanol–water partition coefficient (Wildman–Crippen LogP) is 3.32. The zero-order valence-corrected chi connectivity index (χ0v) is 11.7. The molecule has 2 aromatic rings. The van der Waals surface area contributed by atoms with Gasteiger partial charge in [0.05, 0.1) is 16.8 Å². The first-order chi connectivity index (χ1) is 8.61. The highest BCUT2D eigenvalue weighted by Crippen LogP contribution is 2.34. The van der Waals surface area contributed by atoms with Crippen LogP contribution in [-0.4, -0.2) is 14.9 Å². The molecule has 0 saturated heterocycles. The topological polar surface area (TPSA) is 38.1 Å². The molecule has 1 aromatic heterocycles. The number of hydrogen-bond donors (Lipinski definition) is 1. The van der Waals surface area contributed by atoms with Gasteiger partial charge in [0.15, 0.2) is 0 Å². The Morgan fingerprint density at radius 2 is 2.11 bits per heavy atom. The lowest BCUT2D eigenvalue weighted by Crippen LogP contribution is -1.98. The van der Waals surface area contributed by atoms with Crippen molar-refractivity contribution in [2.24, 2.45) is 7.05 Å². The second-order valence-electron chi connectivity index (χ2n) is 4.31. The van der Waals surface area contributed by atoms with E-state index in [1.807, 2.05) is 49.8 Å². The Hall–Kier alpha value is -1.26. The van der Waals surface area contributed by atoms with Crippen molar-refractivity contribution in [3.05, 3.63) is 41.6 Å². The molecule has 0 bridgehead atoms. The SMILES string of the molecule is CC[C@@H](O)c1ccccc1Sc1cc(C)nn1C. The molecule has 1 heterocycles. The number of aryl methyl sites for hydroxylation is 2. The van der Waals surface area contributed by atoms with Gasteiger partial charge in [0, 0.05) is 11.9 Å². The fourth-order valence-corrected chi connectivity index (χ4v) is 2.96. The van der Waals surface area contributed by atoms with E-state index in [9.17, 15) is 5.11 Å². The van der Waals surface area contributed by atoms with Crippen LogP contribution in [0.2, 0.25) is 0 Å². The number of aromatic nitrogens is 2. The first-order valence-electron chi connectivity index (χ1n) is 6.07. The van der Waals surface area contributed by atoms with Crippen molar-refractivity contribution >= 4 is 11.8 Å². The highest BCUT2D eigenvalue weighted by atomic mass is 32.2. The smallest absolute Gasteiger partial charge is 0.0987 e. The van der Waals surface area contributed by atoms with Crippen LogP contribution in [0.1, 0.15) is 30.7 Å². The molecule has 0 radical (unpaired) electrons. The molecule has 0 unspecified atom stereocenters. The van der Waals surface area contributed by atoms with Crippen molar-refractivity contribution in [3.8, 4) is 0 Å². The van der Waals surface area contributed by atoms with Gasteiger partial charge < -0.3 is 5.11 Å². The van der Waals surface area contributed by atoms with Crippen LogP contribution < -0.4 is 0 Å². The lowest BCUT2D eigenvalue weighted by Gasteiger charge is -2.13. The molecule has 0 aliphatic carbocycles. The third-order valence-electron chi connectivity index (χ3n) is 2.84. The van der Waals surface area contributed by atoms with E-state index in [4.69, 9.17) is 0 Å². The lowest BCUT2D eigenvalue weighted by molar-refractivity contribution is 0.171. The zero-order valence-electron chi connectivity index (χ0n) is 10.9. The summed E-state index contributed by atoms with van der Waals surface area (Å²) in [4.78, 5) is 1.09. The molecule has 0 aliphatic heterocycles. The van der Waals surface area contributed by atoms with Gasteiger partial charge in [-0.15, -0.1) is 0 Å². The highest BCUT2D eigenvalue weighted by molar-refractivity contribution is 7.99. The molecule has 2 rings (SSSR count). The zero-order chi connectivity index (χ0) is 13.1. The summed E-state index contributed by atoms with van der Waals surface area (Å²) in [6.07, 6.45) is 0.324. The largest absolute Gasteiger partial charge is 0.388 e. The van der Waals surface area contributed by atoms with Gasteiger partial charge >= 0.3 is 0 Å². The fourth-order valence-electron chi connectivity index (χ4n) is 1.86. The Balaban J connectivity index is 2.31. The van der Waals surface area contributed by atoms with Crippen LogP contribution in [0.3, 0.4) is 0 Å². The van der Waals surface area contributed by atoms with E-state index in [1.54, 1.807) is 11.8 Å². The summed E-state index contributed by atoms with van der Waals surface area (Å²) in [5.74, 6) is 0. The van der Waals surface area contributed by atoms with Crippen LogP contribution in [0, 0.1) is 6.92 Å². The average Bonchev–Trinajstić information content (AvgIpc) is 2.67. The van der Waals surface area contributed by atoms with Crippen molar-refractivity contribution in [2.45, 2.75) is 36.3 Å². The summed E-state index contributed by atoms with van der Waals surface area (Å²) in [6, 6.07) is 10.0. The summed E-state index contributed by atoms with van der Waals surface area (Å²) in [5.41, 5.74) is 2.00. The molecular formula is C14H18N2OS. The molecule has 0 fully saturated rings. The second kappa shape index (κ2) is 5.59. The minimum atomic E-state index is -0.400. The van der Waals surface area contributed by atoms with Crippen LogP contribution in [0.5, 0.6) is 0 Å². The van der Waals surface area contributed by atoms with Gasteiger partial charge in [-0.25, -0.2) is 0 Å². The molecule has 0 aliphatic rings. The van der Waals surface area contributed by atoms with E-state index >= 15 is 0 Å². The van der Waals surface area contributed by atoms with Crippen molar-refractivity contribution in [1.82, 2.24) is 9.78 Å². The molecule has 1 aromatic carbocycles. The molecule has 0 saturated carbocycles. The molecule has 96 valence electrons. The molecule has 0 amide bonds. The van der Waals surface area contributed by atoms with E-state index in [1.165, 1.54) is 0 Å². The Morgan fingerprint density at radius 3 is 2.72 bits per heavy atom. The fraction of sp³-hybridized carbons (Fsp3) is 0.357. The van der Waals surface area contributed by atoms with Gasteiger partial charge in [0.1, 0.15) is 0 Å². The molecular weight excluding hydrogens is 244 g/mol. The van der Waals surface area contributed by atoms with E-state index in [0.717, 1.165) is 27.6 Å². The standard InChI is InChI=1S/C14H18N2OS/c1-4-12(17)11-7-5-6-8-13(11)18-14-9-10(2)15-16(14)3/h5-9,12,17H,4H2,1-3H3/t12-/m1/s1. The third kappa shape index (κ3) is 2.76. The van der Waals surface area contributed by atoms with Crippen LogP contribution in [0.25, 0.3) is 0 Å². The summed E-state index contributed by atoms with van der Waals surface area (Å²) >= 11 is 1.65. The van der Waals surface area contributed by atoms with Crippen LogP contribution in [-0.2, 0) is 7.05 Å². The number of benzene rings is 1. The maximum Gasteiger partial charge on any atom is 0.0987 e. The lowest BCUT2D eigenvalue weighted by atomic mass is 10.1. The summed E-state index contributed by atoms with van der Waals surface area (Å²) < 4.78 is 1.87. The number of nitrogens with zero attached hydrogens (tertiary/aromatic N) is 2. The van der Waals surface area contributed by atoms with Gasteiger partial charge in [-0.05, 0) is 31.0 Å². The molecule has 4 heteroatoms. The first-order valence-corrected chi connectivity index (χ1v) is 6.89. The van der Waals surface area contributed by atoms with Crippen LogP contribution in [0.4, 0.5) is 0 Å². The van der Waals surface area contributed by atoms with E-state index in [0.29, 0.717) is 0 Å². The van der Waals surface area contributed by atoms with Gasteiger partial charge in [0.2, 0.25) is 0 Å². The van der Waals surface area contributed by atoms with Gasteiger partial charge in [-0.3, -0.25) is 4.68 Å². The summed E-state index contributed by atoms with van der Waals surface area (Å²) in [5, 5.41) is 15.4. The quantitative estimate of drug-likeness (QED) is 0.918. The molecule has 1 atom stereocenters. The summed E-state index contributed by atoms with van der Waals surface area (Å²) in [7, 11) is 1.94. The molecule has 0 spiro atoms. The van der Waals surface area contributed by atoms with E-state index in [-0.39, 0.29) is 0 Å². The van der Waals surface area contributed by atoms with E-state index < -0.39 is 6.10 Å². The maximum atomic E-state index is 10.0.